The molecule has 4 rings (SSSR count). The van der Waals surface area contributed by atoms with Crippen LogP contribution in [0.1, 0.15) is 11.1 Å². The fourth-order valence-corrected chi connectivity index (χ4v) is 3.04. The number of benzene rings is 3. The molecule has 0 aliphatic carbocycles. The molecule has 1 N–H and O–H groups in total. The zero-order valence-corrected chi connectivity index (χ0v) is 15.7. The van der Waals surface area contributed by atoms with Crippen LogP contribution >= 0.6 is 0 Å². The van der Waals surface area contributed by atoms with Gasteiger partial charge in [0.25, 0.3) is 5.91 Å². The van der Waals surface area contributed by atoms with Gasteiger partial charge >= 0.3 is 0 Å². The molecule has 1 amide bonds. The first-order valence-electron chi connectivity index (χ1n) is 9.07. The number of hydrogen-bond donors (Lipinski definition) is 1. The predicted octanol–water partition coefficient (Wildman–Crippen LogP) is 4.91. The number of amides is 1. The maximum Gasteiger partial charge on any atom is 0.266 e. The van der Waals surface area contributed by atoms with Crippen molar-refractivity contribution in [2.75, 3.05) is 5.32 Å². The van der Waals surface area contributed by atoms with Crippen LogP contribution in [0.5, 0.6) is 0 Å². The number of para-hydroxylation sites is 1. The van der Waals surface area contributed by atoms with Gasteiger partial charge in [-0.05, 0) is 35.9 Å². The van der Waals surface area contributed by atoms with Crippen molar-refractivity contribution in [3.05, 3.63) is 89.5 Å². The highest BCUT2D eigenvalue weighted by atomic mass is 16.5. The van der Waals surface area contributed by atoms with Gasteiger partial charge in [0.15, 0.2) is 5.76 Å². The smallest absolute Gasteiger partial charge is 0.266 e. The Balaban J connectivity index is 1.68. The molecule has 1 aromatic heterocycles. The van der Waals surface area contributed by atoms with Crippen LogP contribution in [0, 0.1) is 22.7 Å². The fourth-order valence-electron chi connectivity index (χ4n) is 3.04. The first-order valence-corrected chi connectivity index (χ1v) is 9.07. The van der Waals surface area contributed by atoms with Gasteiger partial charge in [-0.1, -0.05) is 53.7 Å². The van der Waals surface area contributed by atoms with Crippen molar-refractivity contribution in [1.82, 2.24) is 5.16 Å². The molecule has 0 saturated heterocycles. The zero-order chi connectivity index (χ0) is 20.9. The Hall–Kier alpha value is -4.68. The molecule has 0 aliphatic heterocycles. The van der Waals surface area contributed by atoms with E-state index in [1.165, 1.54) is 6.08 Å². The fraction of sp³-hybridized carbons (Fsp3) is 0. The van der Waals surface area contributed by atoms with E-state index in [0.717, 1.165) is 10.9 Å². The highest BCUT2D eigenvalue weighted by Gasteiger charge is 2.14. The lowest BCUT2D eigenvalue weighted by Crippen LogP contribution is -2.14. The topological polar surface area (TPSA) is 103 Å². The highest BCUT2D eigenvalue weighted by molar-refractivity contribution is 6.10. The number of carbonyl (C=O) groups excluding carboxylic acids is 1. The second kappa shape index (κ2) is 8.14. The van der Waals surface area contributed by atoms with Crippen LogP contribution in [0.3, 0.4) is 0 Å². The average Bonchev–Trinajstić information content (AvgIpc) is 3.21. The van der Waals surface area contributed by atoms with Gasteiger partial charge in [0.1, 0.15) is 23.2 Å². The second-order valence-electron chi connectivity index (χ2n) is 6.44. The number of anilines is 1. The summed E-state index contributed by atoms with van der Waals surface area (Å²) in [5, 5.41) is 26.1. The van der Waals surface area contributed by atoms with Crippen molar-refractivity contribution < 1.29 is 9.32 Å². The molecule has 30 heavy (non-hydrogen) atoms. The Labute approximate surface area is 172 Å². The Bertz CT molecular complexity index is 1360. The molecule has 0 unspecified atom stereocenters. The molecule has 0 fully saturated rings. The monoisotopic (exact) mass is 390 g/mol. The van der Waals surface area contributed by atoms with E-state index in [9.17, 15) is 10.1 Å². The van der Waals surface area contributed by atoms with E-state index in [1.807, 2.05) is 48.5 Å². The average molecular weight is 390 g/mol. The van der Waals surface area contributed by atoms with Gasteiger partial charge < -0.3 is 9.84 Å². The lowest BCUT2D eigenvalue weighted by molar-refractivity contribution is -0.112. The standard InChI is InChI=1S/C24H14N4O2/c25-14-18-8-4-5-9-21(18)27-24(29)19(15-26)12-16-10-11-22-20(13-16)23(30-28-22)17-6-2-1-3-7-17/h1-13H,(H,27,29)/b19-12+. The number of rotatable bonds is 4. The molecule has 0 aliphatic rings. The summed E-state index contributed by atoms with van der Waals surface area (Å²) in [7, 11) is 0. The van der Waals surface area contributed by atoms with Crippen LogP contribution in [0.2, 0.25) is 0 Å². The minimum absolute atomic E-state index is 0.0835. The molecular weight excluding hydrogens is 376 g/mol. The molecule has 0 saturated carbocycles. The van der Waals surface area contributed by atoms with E-state index in [1.54, 1.807) is 36.4 Å². The predicted molar refractivity (Wildman–Crippen MR) is 113 cm³/mol. The van der Waals surface area contributed by atoms with Crippen LogP contribution < -0.4 is 5.32 Å². The minimum Gasteiger partial charge on any atom is -0.355 e. The molecule has 0 bridgehead atoms. The maximum atomic E-state index is 12.6. The van der Waals surface area contributed by atoms with E-state index < -0.39 is 5.91 Å². The summed E-state index contributed by atoms with van der Waals surface area (Å²) in [6.07, 6.45) is 1.49. The molecule has 0 atom stereocenters. The van der Waals surface area contributed by atoms with Gasteiger partial charge in [0, 0.05) is 5.56 Å². The summed E-state index contributed by atoms with van der Waals surface area (Å²) in [4.78, 5) is 12.6. The Morgan fingerprint density at radius 2 is 1.77 bits per heavy atom. The lowest BCUT2D eigenvalue weighted by atomic mass is 10.0. The third kappa shape index (κ3) is 3.66. The van der Waals surface area contributed by atoms with Crippen molar-refractivity contribution in [2.45, 2.75) is 0 Å². The minimum atomic E-state index is -0.589. The summed E-state index contributed by atoms with van der Waals surface area (Å²) in [6, 6.07) is 25.5. The van der Waals surface area contributed by atoms with Crippen LogP contribution in [0.15, 0.2) is 82.9 Å². The van der Waals surface area contributed by atoms with Gasteiger partial charge in [0.05, 0.1) is 16.6 Å². The molecular formula is C24H14N4O2. The molecule has 0 radical (unpaired) electrons. The second-order valence-corrected chi connectivity index (χ2v) is 6.44. The van der Waals surface area contributed by atoms with Crippen LogP contribution in [0.4, 0.5) is 5.69 Å². The number of hydrogen-bond acceptors (Lipinski definition) is 5. The molecule has 3 aromatic carbocycles. The molecule has 6 nitrogen and oxygen atoms in total. The van der Waals surface area contributed by atoms with Gasteiger partial charge in [-0.15, -0.1) is 0 Å². The first kappa shape index (κ1) is 18.7. The number of nitrogens with zero attached hydrogens (tertiary/aromatic N) is 3. The van der Waals surface area contributed by atoms with Crippen LogP contribution in [0.25, 0.3) is 28.3 Å². The number of aromatic nitrogens is 1. The van der Waals surface area contributed by atoms with Crippen molar-refractivity contribution in [3.8, 4) is 23.5 Å². The third-order valence-corrected chi connectivity index (χ3v) is 4.51. The number of nitriles is 2. The van der Waals surface area contributed by atoms with Crippen molar-refractivity contribution in [1.29, 1.82) is 10.5 Å². The largest absolute Gasteiger partial charge is 0.355 e. The summed E-state index contributed by atoms with van der Waals surface area (Å²) in [5.41, 5.74) is 2.81. The van der Waals surface area contributed by atoms with Crippen LogP contribution in [-0.2, 0) is 4.79 Å². The number of nitrogens with one attached hydrogen (secondary N) is 1. The van der Waals surface area contributed by atoms with E-state index in [4.69, 9.17) is 9.78 Å². The molecule has 142 valence electrons. The summed E-state index contributed by atoms with van der Waals surface area (Å²) < 4.78 is 5.49. The van der Waals surface area contributed by atoms with Gasteiger partial charge in [-0.25, -0.2) is 0 Å². The Morgan fingerprint density at radius 1 is 1.00 bits per heavy atom. The van der Waals surface area contributed by atoms with E-state index in [-0.39, 0.29) is 5.57 Å². The Morgan fingerprint density at radius 3 is 2.53 bits per heavy atom. The van der Waals surface area contributed by atoms with E-state index in [2.05, 4.69) is 10.5 Å². The molecule has 4 aromatic rings. The number of carbonyl (C=O) groups is 1. The highest BCUT2D eigenvalue weighted by Crippen LogP contribution is 2.29. The third-order valence-electron chi connectivity index (χ3n) is 4.51. The summed E-state index contributed by atoms with van der Waals surface area (Å²) in [6.45, 7) is 0. The van der Waals surface area contributed by atoms with Gasteiger partial charge in [-0.2, -0.15) is 10.5 Å². The quantitative estimate of drug-likeness (QED) is 0.394. The lowest BCUT2D eigenvalue weighted by Gasteiger charge is -2.06. The Kier molecular flexibility index (Phi) is 5.06. The summed E-state index contributed by atoms with van der Waals surface area (Å²) >= 11 is 0. The molecule has 0 spiro atoms. The van der Waals surface area contributed by atoms with Crippen molar-refractivity contribution in [3.63, 3.8) is 0 Å². The van der Waals surface area contributed by atoms with E-state index >= 15 is 0 Å². The van der Waals surface area contributed by atoms with Gasteiger partial charge in [0.2, 0.25) is 0 Å². The SMILES string of the molecule is N#C/C(=C\c1ccc2noc(-c3ccccc3)c2c1)C(=O)Nc1ccccc1C#N. The first-order chi connectivity index (χ1) is 14.7. The van der Waals surface area contributed by atoms with Crippen molar-refractivity contribution in [2.24, 2.45) is 0 Å². The summed E-state index contributed by atoms with van der Waals surface area (Å²) in [5.74, 6) is 0.0284. The zero-order valence-electron chi connectivity index (χ0n) is 15.7. The van der Waals surface area contributed by atoms with E-state index in [0.29, 0.717) is 28.1 Å². The molecule has 1 heterocycles. The van der Waals surface area contributed by atoms with Crippen molar-refractivity contribution >= 4 is 28.6 Å². The van der Waals surface area contributed by atoms with Gasteiger partial charge in [-0.3, -0.25) is 4.79 Å². The normalized spacial score (nSPS) is 10.9. The molecule has 6 heteroatoms. The van der Waals surface area contributed by atoms with Crippen LogP contribution in [-0.4, -0.2) is 11.1 Å². The maximum absolute atomic E-state index is 12.6. The number of fused-ring (bicyclic) bond motifs is 1.